The molecule has 4 atom stereocenters. The molecule has 2 bridgehead atoms. The third-order valence-corrected chi connectivity index (χ3v) is 4.59. The highest BCUT2D eigenvalue weighted by Crippen LogP contribution is 2.48. The Bertz CT molecular complexity index is 531. The fourth-order valence-electron chi connectivity index (χ4n) is 3.66. The number of rotatable bonds is 3. The smallest absolute Gasteiger partial charge is 0.237 e. The Hall–Kier alpha value is -1.88. The van der Waals surface area contributed by atoms with Gasteiger partial charge in [0.05, 0.1) is 30.7 Å². The van der Waals surface area contributed by atoms with Gasteiger partial charge in [-0.2, -0.15) is 0 Å². The summed E-state index contributed by atoms with van der Waals surface area (Å²) < 4.78 is 5.70. The Morgan fingerprint density at radius 3 is 2.25 bits per heavy atom. The van der Waals surface area contributed by atoms with Crippen molar-refractivity contribution in [2.45, 2.75) is 25.0 Å². The van der Waals surface area contributed by atoms with Gasteiger partial charge in [0.1, 0.15) is 0 Å². The van der Waals surface area contributed by atoms with Gasteiger partial charge in [-0.1, -0.05) is 18.2 Å². The van der Waals surface area contributed by atoms with E-state index in [0.29, 0.717) is 0 Å². The number of benzene rings is 1. The van der Waals surface area contributed by atoms with Gasteiger partial charge in [-0.05, 0) is 25.0 Å². The minimum absolute atomic E-state index is 0.0387. The van der Waals surface area contributed by atoms with Crippen LogP contribution in [0.4, 0.5) is 5.69 Å². The maximum atomic E-state index is 12.4. The standard InChI is InChI=1S/C15H16N2O3/c18-14-12-10-6-7-11(20-10)13(12)15(19)17(14)8-16-9-4-2-1-3-5-9/h1-5,10-13,16H,6-8H2/t10-,11+,12-,13-/m1/s1. The first-order valence-electron chi connectivity index (χ1n) is 7.05. The number of fused-ring (bicyclic) bond motifs is 5. The van der Waals surface area contributed by atoms with Gasteiger partial charge in [0.25, 0.3) is 0 Å². The monoisotopic (exact) mass is 272 g/mol. The predicted octanol–water partition coefficient (Wildman–Crippen LogP) is 1.22. The van der Waals surface area contributed by atoms with E-state index in [2.05, 4.69) is 5.32 Å². The second-order valence-electron chi connectivity index (χ2n) is 5.65. The van der Waals surface area contributed by atoms with E-state index in [1.807, 2.05) is 30.3 Å². The number of ether oxygens (including phenoxy) is 1. The van der Waals surface area contributed by atoms with Crippen LogP contribution in [0.2, 0.25) is 0 Å². The Morgan fingerprint density at radius 1 is 1.05 bits per heavy atom. The third kappa shape index (κ3) is 1.59. The fraction of sp³-hybridized carbons (Fsp3) is 0.467. The summed E-state index contributed by atoms with van der Waals surface area (Å²) in [6, 6.07) is 9.59. The van der Waals surface area contributed by atoms with Crippen LogP contribution in [0.15, 0.2) is 30.3 Å². The van der Waals surface area contributed by atoms with E-state index in [9.17, 15) is 9.59 Å². The van der Waals surface area contributed by atoms with Crippen LogP contribution in [0.1, 0.15) is 12.8 Å². The van der Waals surface area contributed by atoms with E-state index < -0.39 is 0 Å². The molecule has 0 aromatic heterocycles. The number of para-hydroxylation sites is 1. The van der Waals surface area contributed by atoms with Crippen LogP contribution in [0.3, 0.4) is 0 Å². The number of carbonyl (C=O) groups excluding carboxylic acids is 2. The molecule has 3 heterocycles. The van der Waals surface area contributed by atoms with Gasteiger partial charge in [0.15, 0.2) is 0 Å². The van der Waals surface area contributed by atoms with Crippen molar-refractivity contribution in [3.63, 3.8) is 0 Å². The summed E-state index contributed by atoms with van der Waals surface area (Å²) in [5.41, 5.74) is 0.907. The van der Waals surface area contributed by atoms with Crippen molar-refractivity contribution in [1.29, 1.82) is 0 Å². The number of nitrogens with zero attached hydrogens (tertiary/aromatic N) is 1. The normalized spacial score (nSPS) is 34.7. The molecule has 1 aromatic rings. The lowest BCUT2D eigenvalue weighted by Gasteiger charge is -2.18. The predicted molar refractivity (Wildman–Crippen MR) is 71.7 cm³/mol. The van der Waals surface area contributed by atoms with Gasteiger partial charge in [-0.3, -0.25) is 14.5 Å². The van der Waals surface area contributed by atoms with E-state index in [4.69, 9.17) is 4.74 Å². The number of carbonyl (C=O) groups is 2. The van der Waals surface area contributed by atoms with Gasteiger partial charge in [0.2, 0.25) is 11.8 Å². The molecular formula is C15H16N2O3. The summed E-state index contributed by atoms with van der Waals surface area (Å²) in [7, 11) is 0. The molecule has 3 saturated heterocycles. The highest BCUT2D eigenvalue weighted by atomic mass is 16.5. The van der Waals surface area contributed by atoms with E-state index in [-0.39, 0.29) is 42.5 Å². The van der Waals surface area contributed by atoms with Crippen LogP contribution in [0.5, 0.6) is 0 Å². The van der Waals surface area contributed by atoms with Gasteiger partial charge in [0, 0.05) is 5.69 Å². The molecule has 20 heavy (non-hydrogen) atoms. The lowest BCUT2D eigenvalue weighted by molar-refractivity contribution is -0.142. The van der Waals surface area contributed by atoms with E-state index >= 15 is 0 Å². The maximum Gasteiger partial charge on any atom is 0.237 e. The molecule has 1 N–H and O–H groups in total. The first kappa shape index (κ1) is 11.9. The Balaban J connectivity index is 1.50. The summed E-state index contributed by atoms with van der Waals surface area (Å²) in [6.45, 7) is 0.244. The van der Waals surface area contributed by atoms with Crippen molar-refractivity contribution in [3.8, 4) is 0 Å². The average Bonchev–Trinajstić information content (AvgIpc) is 3.13. The number of imide groups is 1. The third-order valence-electron chi connectivity index (χ3n) is 4.59. The lowest BCUT2D eigenvalue weighted by atomic mass is 9.81. The average molecular weight is 272 g/mol. The molecule has 0 radical (unpaired) electrons. The topological polar surface area (TPSA) is 58.6 Å². The second kappa shape index (κ2) is 4.31. The number of anilines is 1. The van der Waals surface area contributed by atoms with Gasteiger partial charge in [-0.15, -0.1) is 0 Å². The number of nitrogens with one attached hydrogen (secondary N) is 1. The zero-order valence-electron chi connectivity index (χ0n) is 11.0. The first-order valence-corrected chi connectivity index (χ1v) is 7.05. The van der Waals surface area contributed by atoms with Crippen molar-refractivity contribution in [3.05, 3.63) is 30.3 Å². The highest BCUT2D eigenvalue weighted by Gasteiger charge is 2.62. The summed E-state index contributed by atoms with van der Waals surface area (Å²) >= 11 is 0. The number of amides is 2. The maximum absolute atomic E-state index is 12.4. The summed E-state index contributed by atoms with van der Waals surface area (Å²) in [5.74, 6) is -0.621. The molecular weight excluding hydrogens is 256 g/mol. The minimum atomic E-state index is -0.237. The zero-order chi connectivity index (χ0) is 13.7. The summed E-state index contributed by atoms with van der Waals surface area (Å²) in [6.07, 6.45) is 1.74. The van der Waals surface area contributed by atoms with Crippen LogP contribution in [-0.4, -0.2) is 35.6 Å². The molecule has 0 spiro atoms. The van der Waals surface area contributed by atoms with Crippen molar-refractivity contribution < 1.29 is 14.3 Å². The fourth-order valence-corrected chi connectivity index (χ4v) is 3.66. The molecule has 104 valence electrons. The second-order valence-corrected chi connectivity index (χ2v) is 5.65. The van der Waals surface area contributed by atoms with Crippen LogP contribution >= 0.6 is 0 Å². The van der Waals surface area contributed by atoms with Gasteiger partial charge < -0.3 is 10.1 Å². The molecule has 2 amide bonds. The Kier molecular flexibility index (Phi) is 2.57. The molecule has 3 aliphatic rings. The molecule has 3 fully saturated rings. The van der Waals surface area contributed by atoms with Gasteiger partial charge in [-0.25, -0.2) is 0 Å². The molecule has 5 heteroatoms. The summed E-state index contributed by atoms with van der Waals surface area (Å²) in [5, 5.41) is 3.13. The van der Waals surface area contributed by atoms with Crippen molar-refractivity contribution in [2.75, 3.05) is 12.0 Å². The largest absolute Gasteiger partial charge is 0.373 e. The van der Waals surface area contributed by atoms with Crippen LogP contribution in [0.25, 0.3) is 0 Å². The quantitative estimate of drug-likeness (QED) is 0.841. The zero-order valence-corrected chi connectivity index (χ0v) is 11.0. The number of hydrogen-bond acceptors (Lipinski definition) is 4. The number of hydrogen-bond donors (Lipinski definition) is 1. The van der Waals surface area contributed by atoms with Crippen LogP contribution in [0, 0.1) is 11.8 Å². The van der Waals surface area contributed by atoms with Crippen molar-refractivity contribution in [1.82, 2.24) is 4.90 Å². The first-order chi connectivity index (χ1) is 9.75. The van der Waals surface area contributed by atoms with Gasteiger partial charge >= 0.3 is 0 Å². The molecule has 4 rings (SSSR count). The Labute approximate surface area is 116 Å². The van der Waals surface area contributed by atoms with Crippen LogP contribution < -0.4 is 5.32 Å². The van der Waals surface area contributed by atoms with E-state index in [1.54, 1.807) is 0 Å². The SMILES string of the molecule is O=C1[C@H]2[C@H](C(=O)N1CNc1ccccc1)[C@H]1CC[C@@H]2O1. The van der Waals surface area contributed by atoms with Crippen LogP contribution in [-0.2, 0) is 14.3 Å². The minimum Gasteiger partial charge on any atom is -0.373 e. The molecule has 1 aromatic carbocycles. The molecule has 0 saturated carbocycles. The van der Waals surface area contributed by atoms with E-state index in [1.165, 1.54) is 4.90 Å². The van der Waals surface area contributed by atoms with Crippen molar-refractivity contribution >= 4 is 17.5 Å². The Morgan fingerprint density at radius 2 is 1.65 bits per heavy atom. The number of likely N-dealkylation sites (tertiary alicyclic amines) is 1. The van der Waals surface area contributed by atoms with Crippen molar-refractivity contribution in [2.24, 2.45) is 11.8 Å². The molecule has 5 nitrogen and oxygen atoms in total. The molecule has 0 aliphatic carbocycles. The van der Waals surface area contributed by atoms with E-state index in [0.717, 1.165) is 18.5 Å². The molecule has 0 unspecified atom stereocenters. The highest BCUT2D eigenvalue weighted by molar-refractivity contribution is 6.06. The summed E-state index contributed by atoms with van der Waals surface area (Å²) in [4.78, 5) is 26.1. The molecule has 3 aliphatic heterocycles. The lowest BCUT2D eigenvalue weighted by Crippen LogP contribution is -2.37.